The van der Waals surface area contributed by atoms with Gasteiger partial charge in [-0.25, -0.2) is 9.97 Å². The van der Waals surface area contributed by atoms with Gasteiger partial charge in [0.05, 0.1) is 41.5 Å². The molecule has 3 aromatic carbocycles. The first-order chi connectivity index (χ1) is 27.1. The van der Waals surface area contributed by atoms with Gasteiger partial charge in [-0.1, -0.05) is 37.3 Å². The largest absolute Gasteiger partial charge is 0.488 e. The minimum Gasteiger partial charge on any atom is -0.488 e. The minimum atomic E-state index is -0.983. The van der Waals surface area contributed by atoms with Crippen LogP contribution >= 0.6 is 0 Å². The highest BCUT2D eigenvalue weighted by atomic mass is 16.5. The van der Waals surface area contributed by atoms with Gasteiger partial charge in [0.1, 0.15) is 30.3 Å². The highest BCUT2D eigenvalue weighted by Crippen LogP contribution is 2.39. The highest BCUT2D eigenvalue weighted by Gasteiger charge is 2.50. The fraction of sp³-hybridized carbons (Fsp3) is 0.395. The van der Waals surface area contributed by atoms with Gasteiger partial charge in [0.25, 0.3) is 17.7 Å². The standard InChI is InChI=1S/C43H44N6O7/c1-26(19-27-7-10-30(11-8-27)55-21-29-17-18-44-42(46-29)48-22-43(23-48)24-54-25-43)31-5-3-4-6-36(31)56-37-15-13-34(37)45-28-9-12-32-33(20-28)40(52)49(39(32)51)35-14-16-38(50)47(2)41(35)53/h3-12,17-18,20,26,34-35,37,45H,13-16,19,21-25H2,1-2H3/t26-,34-,35?,37-/m1/s1. The van der Waals surface area contributed by atoms with Crippen molar-refractivity contribution in [1.82, 2.24) is 19.8 Å². The van der Waals surface area contributed by atoms with E-state index < -0.39 is 23.8 Å². The molecule has 1 spiro atoms. The first kappa shape index (κ1) is 35.9. The Balaban J connectivity index is 0.790. The predicted molar refractivity (Wildman–Crippen MR) is 206 cm³/mol. The molecule has 3 saturated heterocycles. The van der Waals surface area contributed by atoms with Crippen molar-refractivity contribution >= 4 is 35.3 Å². The first-order valence-electron chi connectivity index (χ1n) is 19.4. The van der Waals surface area contributed by atoms with E-state index in [1.807, 2.05) is 36.4 Å². The molecule has 4 atom stereocenters. The Morgan fingerprint density at radius 3 is 2.46 bits per heavy atom. The van der Waals surface area contributed by atoms with Gasteiger partial charge < -0.3 is 24.4 Å². The fourth-order valence-corrected chi connectivity index (χ4v) is 8.36. The molecule has 9 rings (SSSR count). The van der Waals surface area contributed by atoms with Crippen molar-refractivity contribution in [1.29, 1.82) is 0 Å². The minimum absolute atomic E-state index is 0.00560. The number of nitrogens with zero attached hydrogens (tertiary/aromatic N) is 5. The highest BCUT2D eigenvalue weighted by molar-refractivity contribution is 6.23. The summed E-state index contributed by atoms with van der Waals surface area (Å²) in [6, 6.07) is 22.4. The van der Waals surface area contributed by atoms with Crippen LogP contribution in [0, 0.1) is 5.41 Å². The lowest BCUT2D eigenvalue weighted by Crippen LogP contribution is -2.66. The SMILES string of the molecule is C[C@H](Cc1ccc(OCc2ccnc(N3CC4(COC4)C3)n2)cc1)c1ccccc1O[C@@H]1CC[C@H]1Nc1ccc2c(c1)C(=O)N(C1CCC(=O)N(C)C1=O)C2=O. The van der Waals surface area contributed by atoms with Gasteiger partial charge in [0.15, 0.2) is 0 Å². The summed E-state index contributed by atoms with van der Waals surface area (Å²) in [7, 11) is 1.38. The molecular formula is C43H44N6O7. The molecule has 0 radical (unpaired) electrons. The number of imide groups is 2. The monoisotopic (exact) mass is 756 g/mol. The van der Waals surface area contributed by atoms with E-state index >= 15 is 0 Å². The summed E-state index contributed by atoms with van der Waals surface area (Å²) in [5.41, 5.74) is 4.67. The van der Waals surface area contributed by atoms with Crippen molar-refractivity contribution < 1.29 is 33.4 Å². The molecular weight excluding hydrogens is 713 g/mol. The smallest absolute Gasteiger partial charge is 0.262 e. The van der Waals surface area contributed by atoms with Crippen molar-refractivity contribution in [3.8, 4) is 11.5 Å². The summed E-state index contributed by atoms with van der Waals surface area (Å²) >= 11 is 0. The van der Waals surface area contributed by atoms with E-state index in [1.165, 1.54) is 12.6 Å². The molecule has 5 aliphatic rings. The van der Waals surface area contributed by atoms with Crippen molar-refractivity contribution in [2.75, 3.05) is 43.6 Å². The normalized spacial score (nSPS) is 23.0. The molecule has 0 bridgehead atoms. The zero-order valence-corrected chi connectivity index (χ0v) is 31.5. The lowest BCUT2D eigenvalue weighted by molar-refractivity contribution is -0.149. The maximum atomic E-state index is 13.4. The predicted octanol–water partition coefficient (Wildman–Crippen LogP) is 5.00. The number of hydrogen-bond acceptors (Lipinski definition) is 11. The van der Waals surface area contributed by atoms with Crippen LogP contribution in [0.2, 0.25) is 0 Å². The zero-order valence-electron chi connectivity index (χ0n) is 31.5. The number of fused-ring (bicyclic) bond motifs is 1. The number of anilines is 2. The van der Waals surface area contributed by atoms with Gasteiger partial charge in [-0.3, -0.25) is 29.0 Å². The van der Waals surface area contributed by atoms with Crippen LogP contribution in [0.3, 0.4) is 0 Å². The number of ether oxygens (including phenoxy) is 3. The molecule has 13 heteroatoms. The molecule has 13 nitrogen and oxygen atoms in total. The number of rotatable bonds is 12. The van der Waals surface area contributed by atoms with Gasteiger partial charge in [0, 0.05) is 38.4 Å². The molecule has 1 N–H and O–H groups in total. The Hall–Kier alpha value is -5.82. The van der Waals surface area contributed by atoms with Gasteiger partial charge in [-0.2, -0.15) is 0 Å². The molecule has 1 aliphatic carbocycles. The topological polar surface area (TPSA) is 144 Å². The molecule has 56 heavy (non-hydrogen) atoms. The Bertz CT molecular complexity index is 2200. The summed E-state index contributed by atoms with van der Waals surface area (Å²) in [4.78, 5) is 64.9. The van der Waals surface area contributed by atoms with Gasteiger partial charge in [-0.05, 0) is 85.2 Å². The van der Waals surface area contributed by atoms with Crippen LogP contribution < -0.4 is 19.7 Å². The molecule has 1 saturated carbocycles. The van der Waals surface area contributed by atoms with E-state index in [4.69, 9.17) is 19.2 Å². The number of para-hydroxylation sites is 1. The van der Waals surface area contributed by atoms with Gasteiger partial charge >= 0.3 is 0 Å². The number of aromatic nitrogens is 2. The Morgan fingerprint density at radius 2 is 1.71 bits per heavy atom. The van der Waals surface area contributed by atoms with E-state index in [0.717, 1.165) is 84.1 Å². The fourth-order valence-electron chi connectivity index (χ4n) is 8.36. The van der Waals surface area contributed by atoms with Crippen LogP contribution in [0.4, 0.5) is 11.6 Å². The lowest BCUT2D eigenvalue weighted by Gasteiger charge is -2.54. The van der Waals surface area contributed by atoms with Crippen LogP contribution in [-0.4, -0.2) is 94.9 Å². The number of amides is 4. The number of likely N-dealkylation sites (N-methyl/N-ethyl adjacent to an activating group) is 1. The summed E-state index contributed by atoms with van der Waals surface area (Å²) < 4.78 is 18.1. The van der Waals surface area contributed by atoms with Crippen LogP contribution in [0.15, 0.2) is 79.0 Å². The maximum absolute atomic E-state index is 13.4. The Labute approximate surface area is 324 Å². The van der Waals surface area contributed by atoms with E-state index in [0.29, 0.717) is 17.7 Å². The third-order valence-corrected chi connectivity index (χ3v) is 11.8. The summed E-state index contributed by atoms with van der Waals surface area (Å²) in [6.45, 7) is 6.10. The third kappa shape index (κ3) is 6.63. The van der Waals surface area contributed by atoms with E-state index in [-0.39, 0.29) is 47.9 Å². The molecule has 4 aromatic rings. The van der Waals surface area contributed by atoms with Gasteiger partial charge in [-0.15, -0.1) is 0 Å². The summed E-state index contributed by atoms with van der Waals surface area (Å²) in [6.07, 6.45) is 4.52. The molecule has 4 amide bonds. The van der Waals surface area contributed by atoms with E-state index in [9.17, 15) is 19.2 Å². The average Bonchev–Trinajstić information content (AvgIpc) is 3.41. The zero-order chi connectivity index (χ0) is 38.6. The number of piperidine rings is 1. The molecule has 4 aliphatic heterocycles. The maximum Gasteiger partial charge on any atom is 0.262 e. The van der Waals surface area contributed by atoms with Crippen molar-refractivity contribution in [3.63, 3.8) is 0 Å². The summed E-state index contributed by atoms with van der Waals surface area (Å²) in [5, 5.41) is 3.51. The molecule has 1 unspecified atom stereocenters. The van der Waals surface area contributed by atoms with Crippen LogP contribution in [0.1, 0.15) is 76.1 Å². The summed E-state index contributed by atoms with van der Waals surface area (Å²) in [5.74, 6) is 0.687. The number of benzene rings is 3. The van der Waals surface area contributed by atoms with Crippen LogP contribution in [0.25, 0.3) is 0 Å². The molecule has 5 heterocycles. The second-order valence-electron chi connectivity index (χ2n) is 15.8. The molecule has 4 fully saturated rings. The first-order valence-corrected chi connectivity index (χ1v) is 19.4. The Kier molecular flexibility index (Phi) is 9.19. The number of nitrogens with one attached hydrogen (secondary N) is 1. The Morgan fingerprint density at radius 1 is 0.929 bits per heavy atom. The van der Waals surface area contributed by atoms with Gasteiger partial charge in [0.2, 0.25) is 11.9 Å². The van der Waals surface area contributed by atoms with E-state index in [1.54, 1.807) is 24.4 Å². The van der Waals surface area contributed by atoms with Crippen LogP contribution in [-0.2, 0) is 27.4 Å². The lowest BCUT2D eigenvalue weighted by atomic mass is 9.78. The molecule has 1 aromatic heterocycles. The quantitative estimate of drug-likeness (QED) is 0.195. The third-order valence-electron chi connectivity index (χ3n) is 11.8. The average molecular weight is 757 g/mol. The van der Waals surface area contributed by atoms with Crippen LogP contribution in [0.5, 0.6) is 11.5 Å². The van der Waals surface area contributed by atoms with E-state index in [2.05, 4.69) is 40.3 Å². The number of carbonyl (C=O) groups excluding carboxylic acids is 4. The second-order valence-corrected chi connectivity index (χ2v) is 15.8. The second kappa shape index (κ2) is 14.4. The molecule has 288 valence electrons. The number of carbonyl (C=O) groups is 4. The van der Waals surface area contributed by atoms with Crippen molar-refractivity contribution in [2.24, 2.45) is 5.41 Å². The number of likely N-dealkylation sites (tertiary alicyclic amines) is 1. The number of hydrogen-bond donors (Lipinski definition) is 1. The van der Waals surface area contributed by atoms with Crippen molar-refractivity contribution in [2.45, 2.75) is 69.7 Å². The van der Waals surface area contributed by atoms with Crippen molar-refractivity contribution in [3.05, 3.63) is 107 Å².